The molecule has 2 N–H and O–H groups in total. The Hall–Kier alpha value is -1.88. The van der Waals surface area contributed by atoms with Gasteiger partial charge in [-0.15, -0.1) is 0 Å². The fourth-order valence-electron chi connectivity index (χ4n) is 1.29. The number of H-pyrrole nitrogens is 2. The Kier molecular flexibility index (Phi) is 2.62. The second kappa shape index (κ2) is 3.94. The Morgan fingerprint density at radius 1 is 1.12 bits per heavy atom. The molecule has 1 aromatic heterocycles. The summed E-state index contributed by atoms with van der Waals surface area (Å²) in [6.07, 6.45) is 0. The maximum atomic E-state index is 12.9. The number of rotatable bonds is 1. The van der Waals surface area contributed by atoms with Gasteiger partial charge in [-0.2, -0.15) is 0 Å². The molecule has 16 heavy (non-hydrogen) atoms. The van der Waals surface area contributed by atoms with E-state index in [1.165, 1.54) is 18.2 Å². The summed E-state index contributed by atoms with van der Waals surface area (Å²) in [7, 11) is 0. The van der Waals surface area contributed by atoms with Crippen LogP contribution in [0.1, 0.15) is 0 Å². The Morgan fingerprint density at radius 3 is 2.50 bits per heavy atom. The molecule has 1 aromatic carbocycles. The Bertz CT molecular complexity index is 620. The van der Waals surface area contributed by atoms with Gasteiger partial charge in [0, 0.05) is 6.07 Å². The van der Waals surface area contributed by atoms with E-state index in [4.69, 9.17) is 11.6 Å². The minimum absolute atomic E-state index is 0.0707. The molecule has 0 amide bonds. The first-order valence-corrected chi connectivity index (χ1v) is 4.73. The van der Waals surface area contributed by atoms with Gasteiger partial charge in [0.25, 0.3) is 5.56 Å². The van der Waals surface area contributed by atoms with Crippen LogP contribution in [0.2, 0.25) is 5.02 Å². The van der Waals surface area contributed by atoms with Crippen molar-refractivity contribution in [2.75, 3.05) is 0 Å². The molecular weight excluding hydrogens is 235 g/mol. The number of benzene rings is 1. The van der Waals surface area contributed by atoms with E-state index in [2.05, 4.69) is 4.98 Å². The normalized spacial score (nSPS) is 10.4. The fourth-order valence-corrected chi connectivity index (χ4v) is 1.47. The van der Waals surface area contributed by atoms with Crippen molar-refractivity contribution in [2.45, 2.75) is 0 Å². The number of hydrogen-bond donors (Lipinski definition) is 2. The molecule has 2 aromatic rings. The largest absolute Gasteiger partial charge is 0.326 e. The molecule has 4 nitrogen and oxygen atoms in total. The van der Waals surface area contributed by atoms with Crippen LogP contribution in [-0.4, -0.2) is 9.97 Å². The molecule has 0 spiro atoms. The SMILES string of the molecule is O=c1cc(-c2ccc(F)c(Cl)c2)[nH]c(=O)[nH]1. The van der Waals surface area contributed by atoms with Crippen LogP contribution in [0.3, 0.4) is 0 Å². The van der Waals surface area contributed by atoms with E-state index in [9.17, 15) is 14.0 Å². The molecule has 0 aliphatic rings. The van der Waals surface area contributed by atoms with Gasteiger partial charge in [-0.05, 0) is 23.8 Å². The third-order valence-corrected chi connectivity index (χ3v) is 2.28. The predicted molar refractivity (Wildman–Crippen MR) is 58.1 cm³/mol. The van der Waals surface area contributed by atoms with Crippen molar-refractivity contribution >= 4 is 11.6 Å². The molecule has 0 aliphatic heterocycles. The van der Waals surface area contributed by atoms with Gasteiger partial charge in [-0.3, -0.25) is 9.78 Å². The Balaban J connectivity index is 2.63. The first kappa shape index (κ1) is 10.6. The van der Waals surface area contributed by atoms with Gasteiger partial charge in [-0.25, -0.2) is 9.18 Å². The highest BCUT2D eigenvalue weighted by Gasteiger charge is 2.04. The maximum Gasteiger partial charge on any atom is 0.326 e. The number of aromatic nitrogens is 2. The molecule has 0 unspecified atom stereocenters. The second-order valence-corrected chi connectivity index (χ2v) is 3.54. The first-order valence-electron chi connectivity index (χ1n) is 4.35. The molecule has 0 fully saturated rings. The zero-order chi connectivity index (χ0) is 11.7. The highest BCUT2D eigenvalue weighted by molar-refractivity contribution is 6.31. The predicted octanol–water partition coefficient (Wildman–Crippen LogP) is 1.52. The van der Waals surface area contributed by atoms with E-state index in [1.54, 1.807) is 0 Å². The van der Waals surface area contributed by atoms with E-state index in [1.807, 2.05) is 4.98 Å². The van der Waals surface area contributed by atoms with Crippen LogP contribution in [0.15, 0.2) is 33.9 Å². The van der Waals surface area contributed by atoms with Crippen LogP contribution in [-0.2, 0) is 0 Å². The van der Waals surface area contributed by atoms with Crippen molar-refractivity contribution < 1.29 is 4.39 Å². The molecule has 0 atom stereocenters. The van der Waals surface area contributed by atoms with Crippen molar-refractivity contribution in [3.63, 3.8) is 0 Å². The van der Waals surface area contributed by atoms with Gasteiger partial charge in [0.1, 0.15) is 5.82 Å². The molecule has 1 heterocycles. The highest BCUT2D eigenvalue weighted by atomic mass is 35.5. The summed E-state index contributed by atoms with van der Waals surface area (Å²) in [6, 6.07) is 5.12. The van der Waals surface area contributed by atoms with Crippen LogP contribution in [0.4, 0.5) is 4.39 Å². The van der Waals surface area contributed by atoms with Crippen molar-refractivity contribution in [1.82, 2.24) is 9.97 Å². The Morgan fingerprint density at radius 2 is 1.88 bits per heavy atom. The average Bonchev–Trinajstić information content (AvgIpc) is 2.20. The lowest BCUT2D eigenvalue weighted by molar-refractivity contribution is 0.628. The van der Waals surface area contributed by atoms with Gasteiger partial charge in [0.15, 0.2) is 0 Å². The number of nitrogens with one attached hydrogen (secondary N) is 2. The molecule has 6 heteroatoms. The molecule has 82 valence electrons. The van der Waals surface area contributed by atoms with E-state index in [0.29, 0.717) is 5.56 Å². The highest BCUT2D eigenvalue weighted by Crippen LogP contribution is 2.21. The lowest BCUT2D eigenvalue weighted by Crippen LogP contribution is -2.21. The van der Waals surface area contributed by atoms with Crippen molar-refractivity contribution in [1.29, 1.82) is 0 Å². The zero-order valence-electron chi connectivity index (χ0n) is 7.88. The summed E-state index contributed by atoms with van der Waals surface area (Å²) < 4.78 is 12.9. The van der Waals surface area contributed by atoms with Crippen molar-refractivity contribution in [3.05, 3.63) is 55.9 Å². The topological polar surface area (TPSA) is 65.7 Å². The standard InChI is InChI=1S/C10H6ClFN2O2/c11-6-3-5(1-2-7(6)12)8-4-9(15)14-10(16)13-8/h1-4H,(H2,13,14,15,16). The maximum absolute atomic E-state index is 12.9. The third kappa shape index (κ3) is 2.04. The van der Waals surface area contributed by atoms with Crippen LogP contribution in [0.5, 0.6) is 0 Å². The van der Waals surface area contributed by atoms with Crippen LogP contribution >= 0.6 is 11.6 Å². The van der Waals surface area contributed by atoms with Crippen LogP contribution in [0.25, 0.3) is 11.3 Å². The smallest absolute Gasteiger partial charge is 0.307 e. The molecule has 0 radical (unpaired) electrons. The first-order chi connectivity index (χ1) is 7.56. The molecule has 2 rings (SSSR count). The van der Waals surface area contributed by atoms with Gasteiger partial charge in [-0.1, -0.05) is 11.6 Å². The van der Waals surface area contributed by atoms with E-state index in [-0.39, 0.29) is 10.7 Å². The summed E-state index contributed by atoms with van der Waals surface area (Å²) >= 11 is 5.59. The Labute approximate surface area is 93.7 Å². The third-order valence-electron chi connectivity index (χ3n) is 1.99. The van der Waals surface area contributed by atoms with E-state index >= 15 is 0 Å². The van der Waals surface area contributed by atoms with E-state index in [0.717, 1.165) is 6.07 Å². The molecule has 0 aliphatic carbocycles. The van der Waals surface area contributed by atoms with Crippen molar-refractivity contribution in [2.24, 2.45) is 0 Å². The van der Waals surface area contributed by atoms with Gasteiger partial charge in [0.2, 0.25) is 0 Å². The lowest BCUT2D eigenvalue weighted by atomic mass is 10.1. The quantitative estimate of drug-likeness (QED) is 0.794. The minimum atomic E-state index is -0.622. The molecular formula is C10H6ClFN2O2. The minimum Gasteiger partial charge on any atom is -0.307 e. The number of halogens is 2. The van der Waals surface area contributed by atoms with Crippen molar-refractivity contribution in [3.8, 4) is 11.3 Å². The zero-order valence-corrected chi connectivity index (χ0v) is 8.64. The molecule has 0 saturated heterocycles. The van der Waals surface area contributed by atoms with Gasteiger partial charge >= 0.3 is 5.69 Å². The number of aromatic amines is 2. The average molecular weight is 241 g/mol. The monoisotopic (exact) mass is 240 g/mol. The summed E-state index contributed by atoms with van der Waals surface area (Å²) in [5, 5.41) is -0.0707. The lowest BCUT2D eigenvalue weighted by Gasteiger charge is -2.01. The fraction of sp³-hybridized carbons (Fsp3) is 0. The van der Waals surface area contributed by atoms with Gasteiger partial charge < -0.3 is 4.98 Å². The molecule has 0 saturated carbocycles. The van der Waals surface area contributed by atoms with Crippen LogP contribution in [0, 0.1) is 5.82 Å². The number of hydrogen-bond acceptors (Lipinski definition) is 2. The van der Waals surface area contributed by atoms with E-state index < -0.39 is 17.1 Å². The summed E-state index contributed by atoms with van der Waals surface area (Å²) in [6.45, 7) is 0. The summed E-state index contributed by atoms with van der Waals surface area (Å²) in [5.41, 5.74) is -0.396. The summed E-state index contributed by atoms with van der Waals surface area (Å²) in [4.78, 5) is 26.5. The van der Waals surface area contributed by atoms with Crippen LogP contribution < -0.4 is 11.2 Å². The second-order valence-electron chi connectivity index (χ2n) is 3.13. The summed E-state index contributed by atoms with van der Waals surface area (Å²) in [5.74, 6) is -0.558. The van der Waals surface area contributed by atoms with Gasteiger partial charge in [0.05, 0.1) is 10.7 Å². The molecule has 0 bridgehead atoms.